The predicted octanol–water partition coefficient (Wildman–Crippen LogP) is 3.07. The molecule has 3 aromatic rings. The molecule has 0 fully saturated rings. The second-order valence-corrected chi connectivity index (χ2v) is 5.50. The van der Waals surface area contributed by atoms with E-state index in [4.69, 9.17) is 0 Å². The number of amides is 1. The smallest absolute Gasteiger partial charge is 0.241 e. The molecule has 4 nitrogen and oxygen atoms in total. The van der Waals surface area contributed by atoms with Gasteiger partial charge in [-0.05, 0) is 23.8 Å². The van der Waals surface area contributed by atoms with E-state index in [2.05, 4.69) is 4.98 Å². The number of nitrogens with zero attached hydrogens (tertiary/aromatic N) is 3. The van der Waals surface area contributed by atoms with Gasteiger partial charge >= 0.3 is 0 Å². The van der Waals surface area contributed by atoms with Crippen molar-refractivity contribution in [3.8, 4) is 11.1 Å². The summed E-state index contributed by atoms with van der Waals surface area (Å²) >= 11 is 0. The molecule has 1 aromatic carbocycles. The first-order valence-electron chi connectivity index (χ1n) is 7.06. The van der Waals surface area contributed by atoms with Crippen molar-refractivity contribution in [1.29, 1.82) is 0 Å². The fraction of sp³-hybridized carbons (Fsp3) is 0.176. The van der Waals surface area contributed by atoms with Crippen LogP contribution in [-0.4, -0.2) is 34.5 Å². The Morgan fingerprint density at radius 1 is 1.22 bits per heavy atom. The highest BCUT2D eigenvalue weighted by Crippen LogP contribution is 2.25. The van der Waals surface area contributed by atoms with E-state index >= 15 is 0 Å². The minimum absolute atomic E-state index is 0.0156. The molecule has 0 saturated carbocycles. The zero-order valence-electron chi connectivity index (χ0n) is 12.8. The lowest BCUT2D eigenvalue weighted by Gasteiger charge is -2.11. The van der Waals surface area contributed by atoms with Crippen LogP contribution in [0.2, 0.25) is 0 Å². The Morgan fingerprint density at radius 3 is 2.70 bits per heavy atom. The number of carbonyl (C=O) groups excluding carboxylic acids is 1. The molecule has 2 heterocycles. The van der Waals surface area contributed by atoms with Crippen LogP contribution in [0.1, 0.15) is 0 Å². The molecule has 0 aliphatic rings. The normalized spacial score (nSPS) is 11.0. The Bertz CT molecular complexity index is 887. The number of hydrogen-bond donors (Lipinski definition) is 0. The summed E-state index contributed by atoms with van der Waals surface area (Å²) in [5.74, 6) is -0.998. The molecule has 1 amide bonds. The van der Waals surface area contributed by atoms with Gasteiger partial charge in [-0.3, -0.25) is 9.78 Å². The molecular weight excluding hydrogens is 300 g/mol. The van der Waals surface area contributed by atoms with Gasteiger partial charge in [-0.1, -0.05) is 12.1 Å². The van der Waals surface area contributed by atoms with Gasteiger partial charge in [-0.25, -0.2) is 8.78 Å². The number of pyridine rings is 1. The highest BCUT2D eigenvalue weighted by molar-refractivity contribution is 5.84. The number of rotatable bonds is 3. The van der Waals surface area contributed by atoms with Gasteiger partial charge in [0.15, 0.2) is 5.82 Å². The summed E-state index contributed by atoms with van der Waals surface area (Å²) < 4.78 is 28.9. The summed E-state index contributed by atoms with van der Waals surface area (Å²) in [4.78, 5) is 17.4. The second kappa shape index (κ2) is 5.79. The first kappa shape index (κ1) is 15.1. The highest BCUT2D eigenvalue weighted by atomic mass is 19.1. The molecule has 0 saturated heterocycles. The van der Waals surface area contributed by atoms with Gasteiger partial charge in [-0.2, -0.15) is 0 Å². The van der Waals surface area contributed by atoms with Crippen LogP contribution in [0.15, 0.2) is 42.7 Å². The lowest BCUT2D eigenvalue weighted by atomic mass is 10.1. The Kier molecular flexibility index (Phi) is 3.82. The van der Waals surface area contributed by atoms with E-state index in [1.165, 1.54) is 34.0 Å². The molecule has 2 aromatic heterocycles. The Labute approximate surface area is 132 Å². The van der Waals surface area contributed by atoms with E-state index in [0.717, 1.165) is 0 Å². The molecule has 0 atom stereocenters. The van der Waals surface area contributed by atoms with Gasteiger partial charge in [0.2, 0.25) is 5.91 Å². The van der Waals surface area contributed by atoms with Gasteiger partial charge in [0.25, 0.3) is 0 Å². The molecule has 0 bridgehead atoms. The number of likely N-dealkylation sites (N-methyl/N-ethyl adjacent to an activating group) is 1. The van der Waals surface area contributed by atoms with Crippen LogP contribution in [0, 0.1) is 11.6 Å². The van der Waals surface area contributed by atoms with E-state index < -0.39 is 5.82 Å². The Morgan fingerprint density at radius 2 is 2.00 bits per heavy atom. The predicted molar refractivity (Wildman–Crippen MR) is 83.8 cm³/mol. The van der Waals surface area contributed by atoms with Crippen LogP contribution in [-0.2, 0) is 11.3 Å². The first-order chi connectivity index (χ1) is 11.0. The van der Waals surface area contributed by atoms with E-state index in [0.29, 0.717) is 16.6 Å². The van der Waals surface area contributed by atoms with Gasteiger partial charge in [0.1, 0.15) is 17.9 Å². The van der Waals surface area contributed by atoms with Crippen molar-refractivity contribution in [2.45, 2.75) is 6.54 Å². The SMILES string of the molecule is CN(C)C(=O)Cn1cc(F)c2ncc(-c3cccc(F)c3)cc21. The van der Waals surface area contributed by atoms with E-state index in [1.54, 1.807) is 32.3 Å². The van der Waals surface area contributed by atoms with Crippen molar-refractivity contribution in [3.63, 3.8) is 0 Å². The average Bonchev–Trinajstić information content (AvgIpc) is 2.83. The van der Waals surface area contributed by atoms with E-state index in [9.17, 15) is 13.6 Å². The van der Waals surface area contributed by atoms with Crippen molar-refractivity contribution in [1.82, 2.24) is 14.5 Å². The number of carbonyl (C=O) groups is 1. The van der Waals surface area contributed by atoms with Gasteiger partial charge in [0, 0.05) is 32.1 Å². The van der Waals surface area contributed by atoms with E-state index in [-0.39, 0.29) is 23.8 Å². The quantitative estimate of drug-likeness (QED) is 0.745. The standard InChI is InChI=1S/C17H15F2N3O/c1-21(2)16(23)10-22-9-14(19)17-15(22)7-12(8-20-17)11-4-3-5-13(18)6-11/h3-9H,10H2,1-2H3. The minimum Gasteiger partial charge on any atom is -0.347 e. The van der Waals surface area contributed by atoms with Gasteiger partial charge in [-0.15, -0.1) is 0 Å². The number of fused-ring (bicyclic) bond motifs is 1. The van der Waals surface area contributed by atoms with Crippen LogP contribution in [0.5, 0.6) is 0 Å². The number of aromatic nitrogens is 2. The number of hydrogen-bond acceptors (Lipinski definition) is 2. The maximum Gasteiger partial charge on any atom is 0.241 e. The largest absolute Gasteiger partial charge is 0.347 e. The zero-order chi connectivity index (χ0) is 16.6. The second-order valence-electron chi connectivity index (χ2n) is 5.50. The Hall–Kier alpha value is -2.76. The number of benzene rings is 1. The van der Waals surface area contributed by atoms with E-state index in [1.807, 2.05) is 0 Å². The first-order valence-corrected chi connectivity index (χ1v) is 7.06. The molecule has 118 valence electrons. The van der Waals surface area contributed by atoms with Crippen molar-refractivity contribution < 1.29 is 13.6 Å². The monoisotopic (exact) mass is 315 g/mol. The van der Waals surface area contributed by atoms with Crippen molar-refractivity contribution >= 4 is 16.9 Å². The van der Waals surface area contributed by atoms with Crippen LogP contribution in [0.25, 0.3) is 22.2 Å². The topological polar surface area (TPSA) is 38.1 Å². The Balaban J connectivity index is 2.09. The summed E-state index contributed by atoms with van der Waals surface area (Å²) in [6, 6.07) is 7.80. The molecular formula is C17H15F2N3O. The summed E-state index contributed by atoms with van der Waals surface area (Å²) in [6.45, 7) is 0.0156. The molecule has 3 rings (SSSR count). The number of halogens is 2. The summed E-state index contributed by atoms with van der Waals surface area (Å²) in [6.07, 6.45) is 2.76. The molecule has 0 N–H and O–H groups in total. The maximum atomic E-state index is 14.0. The fourth-order valence-electron chi connectivity index (χ4n) is 2.37. The van der Waals surface area contributed by atoms with Crippen LogP contribution in [0.4, 0.5) is 8.78 Å². The molecule has 0 aliphatic carbocycles. The van der Waals surface area contributed by atoms with Crippen LogP contribution in [0.3, 0.4) is 0 Å². The van der Waals surface area contributed by atoms with Crippen LogP contribution < -0.4 is 0 Å². The van der Waals surface area contributed by atoms with Crippen molar-refractivity contribution in [2.24, 2.45) is 0 Å². The van der Waals surface area contributed by atoms with Gasteiger partial charge in [0.05, 0.1) is 5.52 Å². The molecule has 23 heavy (non-hydrogen) atoms. The van der Waals surface area contributed by atoms with Crippen LogP contribution >= 0.6 is 0 Å². The van der Waals surface area contributed by atoms with Gasteiger partial charge < -0.3 is 9.47 Å². The lowest BCUT2D eigenvalue weighted by molar-refractivity contribution is -0.129. The molecule has 0 unspecified atom stereocenters. The molecule has 0 aliphatic heterocycles. The molecule has 0 radical (unpaired) electrons. The third-order valence-corrected chi connectivity index (χ3v) is 3.63. The summed E-state index contributed by atoms with van der Waals surface area (Å²) in [5, 5.41) is 0. The third-order valence-electron chi connectivity index (χ3n) is 3.63. The molecule has 6 heteroatoms. The van der Waals surface area contributed by atoms with Crippen molar-refractivity contribution in [2.75, 3.05) is 14.1 Å². The highest BCUT2D eigenvalue weighted by Gasteiger charge is 2.14. The van der Waals surface area contributed by atoms with Crippen molar-refractivity contribution in [3.05, 3.63) is 54.4 Å². The lowest BCUT2D eigenvalue weighted by Crippen LogP contribution is -2.25. The fourth-order valence-corrected chi connectivity index (χ4v) is 2.37. The summed E-state index contributed by atoms with van der Waals surface area (Å²) in [5.41, 5.74) is 2.00. The maximum absolute atomic E-state index is 14.0. The summed E-state index contributed by atoms with van der Waals surface area (Å²) in [7, 11) is 3.28. The minimum atomic E-state index is -0.489. The average molecular weight is 315 g/mol. The molecule has 0 spiro atoms. The zero-order valence-corrected chi connectivity index (χ0v) is 12.8. The third kappa shape index (κ3) is 2.92.